The average molecular weight is 279 g/mol. The molecule has 1 aliphatic rings. The highest BCUT2D eigenvalue weighted by Gasteiger charge is 2.33. The molecule has 1 N–H and O–H groups in total. The molecule has 4 heteroatoms. The predicted molar refractivity (Wildman–Crippen MR) is 79.3 cm³/mol. The molecule has 3 nitrogen and oxygen atoms in total. The summed E-state index contributed by atoms with van der Waals surface area (Å²) >= 11 is 1.66. The van der Waals surface area contributed by atoms with Crippen LogP contribution in [0.15, 0.2) is 24.3 Å². The van der Waals surface area contributed by atoms with E-state index < -0.39 is 0 Å². The minimum absolute atomic E-state index is 0.116. The topological polar surface area (TPSA) is 38.3 Å². The second-order valence-electron chi connectivity index (χ2n) is 5.56. The zero-order valence-corrected chi connectivity index (χ0v) is 12.4. The fourth-order valence-corrected chi connectivity index (χ4v) is 2.78. The molecule has 1 aliphatic heterocycles. The number of ether oxygens (including phenoxy) is 1. The molecule has 19 heavy (non-hydrogen) atoms. The van der Waals surface area contributed by atoms with Crippen LogP contribution in [0.1, 0.15) is 18.1 Å². The number of carbonyl (C=O) groups excluding carboxylic acids is 1. The van der Waals surface area contributed by atoms with Crippen molar-refractivity contribution in [2.24, 2.45) is 5.41 Å². The van der Waals surface area contributed by atoms with Gasteiger partial charge in [0.25, 0.3) is 0 Å². The van der Waals surface area contributed by atoms with E-state index in [9.17, 15) is 4.79 Å². The first-order chi connectivity index (χ1) is 9.07. The summed E-state index contributed by atoms with van der Waals surface area (Å²) in [4.78, 5) is 11.7. The number of amides is 1. The molecule has 1 saturated heterocycles. The van der Waals surface area contributed by atoms with Crippen LogP contribution in [0.2, 0.25) is 0 Å². The standard InChI is InChI=1S/C15H21NO2S/c1-12-4-3-5-13(6-12)7-19-8-14(17)16-9-15(2)10-18-11-15/h3-6H,7-11H2,1-2H3,(H,16,17). The normalized spacial score (nSPS) is 16.7. The molecular formula is C15H21NO2S. The Labute approximate surface area is 119 Å². The molecule has 0 spiro atoms. The van der Waals surface area contributed by atoms with Crippen LogP contribution in [0.4, 0.5) is 0 Å². The van der Waals surface area contributed by atoms with E-state index in [1.165, 1.54) is 11.1 Å². The Morgan fingerprint density at radius 3 is 2.89 bits per heavy atom. The van der Waals surface area contributed by atoms with Gasteiger partial charge in [-0.05, 0) is 12.5 Å². The fourth-order valence-electron chi connectivity index (χ4n) is 1.98. The van der Waals surface area contributed by atoms with Crippen molar-refractivity contribution in [3.8, 4) is 0 Å². The van der Waals surface area contributed by atoms with E-state index in [0.717, 1.165) is 25.5 Å². The number of benzene rings is 1. The van der Waals surface area contributed by atoms with Gasteiger partial charge in [-0.2, -0.15) is 0 Å². The van der Waals surface area contributed by atoms with Gasteiger partial charge in [0.1, 0.15) is 0 Å². The Hall–Kier alpha value is -1.00. The third-order valence-corrected chi connectivity index (χ3v) is 4.20. The van der Waals surface area contributed by atoms with Crippen LogP contribution in [0.25, 0.3) is 0 Å². The monoisotopic (exact) mass is 279 g/mol. The first-order valence-corrected chi connectivity index (χ1v) is 7.71. The van der Waals surface area contributed by atoms with Crippen LogP contribution in [-0.2, 0) is 15.3 Å². The Bertz CT molecular complexity index is 444. The van der Waals surface area contributed by atoms with Gasteiger partial charge in [0, 0.05) is 17.7 Å². The summed E-state index contributed by atoms with van der Waals surface area (Å²) in [6.07, 6.45) is 0. The lowest BCUT2D eigenvalue weighted by Crippen LogP contribution is -2.48. The molecule has 0 radical (unpaired) electrons. The Morgan fingerprint density at radius 2 is 2.26 bits per heavy atom. The van der Waals surface area contributed by atoms with Crippen molar-refractivity contribution >= 4 is 17.7 Å². The lowest BCUT2D eigenvalue weighted by atomic mass is 9.89. The Morgan fingerprint density at radius 1 is 1.47 bits per heavy atom. The quantitative estimate of drug-likeness (QED) is 0.869. The van der Waals surface area contributed by atoms with E-state index in [1.807, 2.05) is 0 Å². The first kappa shape index (κ1) is 14.4. The van der Waals surface area contributed by atoms with Crippen molar-refractivity contribution in [1.82, 2.24) is 5.32 Å². The van der Waals surface area contributed by atoms with Gasteiger partial charge in [-0.25, -0.2) is 0 Å². The minimum atomic E-state index is 0.116. The summed E-state index contributed by atoms with van der Waals surface area (Å²) in [5.74, 6) is 1.52. The maximum atomic E-state index is 11.7. The van der Waals surface area contributed by atoms with E-state index in [0.29, 0.717) is 5.75 Å². The summed E-state index contributed by atoms with van der Waals surface area (Å²) < 4.78 is 5.16. The highest BCUT2D eigenvalue weighted by atomic mass is 32.2. The molecule has 0 aromatic heterocycles. The number of thioether (sulfide) groups is 1. The maximum absolute atomic E-state index is 11.7. The number of hydrogen-bond donors (Lipinski definition) is 1. The molecule has 2 rings (SSSR count). The first-order valence-electron chi connectivity index (χ1n) is 6.55. The second kappa shape index (κ2) is 6.44. The molecule has 1 fully saturated rings. The van der Waals surface area contributed by atoms with Crippen LogP contribution in [0, 0.1) is 12.3 Å². The number of hydrogen-bond acceptors (Lipinski definition) is 3. The molecule has 0 bridgehead atoms. The van der Waals surface area contributed by atoms with Crippen LogP contribution >= 0.6 is 11.8 Å². The van der Waals surface area contributed by atoms with Crippen molar-refractivity contribution in [3.05, 3.63) is 35.4 Å². The molecule has 0 atom stereocenters. The zero-order valence-electron chi connectivity index (χ0n) is 11.6. The zero-order chi connectivity index (χ0) is 13.7. The second-order valence-corrected chi connectivity index (χ2v) is 6.55. The van der Waals surface area contributed by atoms with E-state index in [2.05, 4.69) is 43.4 Å². The molecule has 0 saturated carbocycles. The van der Waals surface area contributed by atoms with E-state index in [1.54, 1.807) is 11.8 Å². The SMILES string of the molecule is Cc1cccc(CSCC(=O)NCC2(C)COC2)c1. The molecule has 1 aromatic carbocycles. The van der Waals surface area contributed by atoms with Gasteiger partial charge in [-0.1, -0.05) is 36.8 Å². The van der Waals surface area contributed by atoms with Gasteiger partial charge in [0.05, 0.1) is 19.0 Å². The van der Waals surface area contributed by atoms with E-state index >= 15 is 0 Å². The van der Waals surface area contributed by atoms with Crippen LogP contribution in [0.5, 0.6) is 0 Å². The molecule has 1 amide bonds. The van der Waals surface area contributed by atoms with Crippen molar-refractivity contribution in [3.63, 3.8) is 0 Å². The predicted octanol–water partition coefficient (Wildman–Crippen LogP) is 2.38. The number of rotatable bonds is 6. The van der Waals surface area contributed by atoms with Gasteiger partial charge in [-0.15, -0.1) is 11.8 Å². The van der Waals surface area contributed by atoms with E-state index in [4.69, 9.17) is 4.74 Å². The number of aryl methyl sites for hydroxylation is 1. The highest BCUT2D eigenvalue weighted by Crippen LogP contribution is 2.25. The summed E-state index contributed by atoms with van der Waals surface area (Å²) in [5.41, 5.74) is 2.69. The van der Waals surface area contributed by atoms with Gasteiger partial charge in [0.15, 0.2) is 0 Å². The maximum Gasteiger partial charge on any atom is 0.230 e. The van der Waals surface area contributed by atoms with Crippen LogP contribution in [0.3, 0.4) is 0 Å². The Kier molecular flexibility index (Phi) is 4.88. The third-order valence-electron chi connectivity index (χ3n) is 3.20. The molecule has 1 heterocycles. The van der Waals surface area contributed by atoms with Gasteiger partial charge >= 0.3 is 0 Å². The molecular weight excluding hydrogens is 258 g/mol. The Balaban J connectivity index is 1.63. The number of nitrogens with one attached hydrogen (secondary N) is 1. The largest absolute Gasteiger partial charge is 0.380 e. The number of carbonyl (C=O) groups is 1. The van der Waals surface area contributed by atoms with E-state index in [-0.39, 0.29) is 11.3 Å². The van der Waals surface area contributed by atoms with Crippen molar-refractivity contribution in [2.45, 2.75) is 19.6 Å². The summed E-state index contributed by atoms with van der Waals surface area (Å²) in [5, 5.41) is 2.98. The lowest BCUT2D eigenvalue weighted by Gasteiger charge is -2.38. The molecule has 104 valence electrons. The van der Waals surface area contributed by atoms with Crippen molar-refractivity contribution in [1.29, 1.82) is 0 Å². The fraction of sp³-hybridized carbons (Fsp3) is 0.533. The van der Waals surface area contributed by atoms with Gasteiger partial charge in [0.2, 0.25) is 5.91 Å². The highest BCUT2D eigenvalue weighted by molar-refractivity contribution is 7.99. The third kappa shape index (κ3) is 4.55. The summed E-state index contributed by atoms with van der Waals surface area (Å²) in [7, 11) is 0. The summed E-state index contributed by atoms with van der Waals surface area (Å²) in [6, 6.07) is 8.41. The molecule has 0 aliphatic carbocycles. The molecule has 0 unspecified atom stereocenters. The van der Waals surface area contributed by atoms with Gasteiger partial charge < -0.3 is 10.1 Å². The van der Waals surface area contributed by atoms with Gasteiger partial charge in [-0.3, -0.25) is 4.79 Å². The summed E-state index contributed by atoms with van der Waals surface area (Å²) in [6.45, 7) is 6.45. The molecule has 1 aromatic rings. The van der Waals surface area contributed by atoms with Crippen LogP contribution in [-0.4, -0.2) is 31.4 Å². The average Bonchev–Trinajstić information content (AvgIpc) is 2.34. The van der Waals surface area contributed by atoms with Crippen molar-refractivity contribution in [2.75, 3.05) is 25.5 Å². The van der Waals surface area contributed by atoms with Crippen molar-refractivity contribution < 1.29 is 9.53 Å². The smallest absolute Gasteiger partial charge is 0.230 e. The lowest BCUT2D eigenvalue weighted by molar-refractivity contribution is -0.124. The van der Waals surface area contributed by atoms with Crippen LogP contribution < -0.4 is 5.32 Å². The minimum Gasteiger partial charge on any atom is -0.380 e.